The number of aryl methyl sites for hydroxylation is 1. The van der Waals surface area contributed by atoms with E-state index in [0.29, 0.717) is 5.39 Å². The molecule has 0 saturated carbocycles. The highest BCUT2D eigenvalue weighted by molar-refractivity contribution is 5.99. The van der Waals surface area contributed by atoms with Crippen LogP contribution in [0.4, 0.5) is 11.4 Å². The van der Waals surface area contributed by atoms with Crippen molar-refractivity contribution in [3.63, 3.8) is 0 Å². The van der Waals surface area contributed by atoms with Gasteiger partial charge in [0.25, 0.3) is 5.69 Å². The Morgan fingerprint density at radius 3 is 2.76 bits per heavy atom. The first-order chi connectivity index (χ1) is 10.1. The van der Waals surface area contributed by atoms with Crippen molar-refractivity contribution in [3.05, 3.63) is 40.2 Å². The second kappa shape index (κ2) is 6.99. The van der Waals surface area contributed by atoms with E-state index in [4.69, 9.17) is 0 Å². The highest BCUT2D eigenvalue weighted by Crippen LogP contribution is 2.31. The number of nitro groups is 1. The summed E-state index contributed by atoms with van der Waals surface area (Å²) in [6.45, 7) is 6.63. The Morgan fingerprint density at radius 1 is 1.24 bits per heavy atom. The summed E-state index contributed by atoms with van der Waals surface area (Å²) in [7, 11) is 0. The summed E-state index contributed by atoms with van der Waals surface area (Å²) in [5, 5.41) is 19.1. The van der Waals surface area contributed by atoms with Gasteiger partial charge in [-0.1, -0.05) is 6.92 Å². The Labute approximate surface area is 123 Å². The van der Waals surface area contributed by atoms with E-state index in [1.807, 2.05) is 13.0 Å². The third-order valence-electron chi connectivity index (χ3n) is 3.26. The topological polar surface area (TPSA) is 80.1 Å². The van der Waals surface area contributed by atoms with Crippen molar-refractivity contribution in [2.75, 3.05) is 25.0 Å². The average molecular weight is 288 g/mol. The molecule has 0 aliphatic rings. The third-order valence-corrected chi connectivity index (χ3v) is 3.26. The zero-order valence-corrected chi connectivity index (χ0v) is 12.3. The summed E-state index contributed by atoms with van der Waals surface area (Å²) < 4.78 is 0. The first-order valence-electron chi connectivity index (χ1n) is 7.12. The molecule has 0 aliphatic carbocycles. The van der Waals surface area contributed by atoms with Crippen LogP contribution < -0.4 is 10.6 Å². The number of aromatic nitrogens is 1. The second-order valence-electron chi connectivity index (χ2n) is 4.94. The Kier molecular flexibility index (Phi) is 5.05. The van der Waals surface area contributed by atoms with Crippen LogP contribution in [0.25, 0.3) is 10.8 Å². The number of hydrogen-bond acceptors (Lipinski definition) is 5. The predicted molar refractivity (Wildman–Crippen MR) is 84.8 cm³/mol. The minimum absolute atomic E-state index is 0.0900. The fourth-order valence-corrected chi connectivity index (χ4v) is 2.23. The average Bonchev–Trinajstić information content (AvgIpc) is 2.46. The van der Waals surface area contributed by atoms with Gasteiger partial charge in [0, 0.05) is 42.1 Å². The lowest BCUT2D eigenvalue weighted by Gasteiger charge is -2.11. The van der Waals surface area contributed by atoms with Crippen LogP contribution in [0.2, 0.25) is 0 Å². The predicted octanol–water partition coefficient (Wildman–Crippen LogP) is 2.86. The number of non-ortho nitro benzene ring substituents is 1. The van der Waals surface area contributed by atoms with Crippen LogP contribution in [0.5, 0.6) is 0 Å². The van der Waals surface area contributed by atoms with Crippen molar-refractivity contribution in [3.8, 4) is 0 Å². The van der Waals surface area contributed by atoms with Gasteiger partial charge in [0.15, 0.2) is 0 Å². The van der Waals surface area contributed by atoms with Crippen LogP contribution in [0.3, 0.4) is 0 Å². The molecule has 0 aliphatic heterocycles. The van der Waals surface area contributed by atoms with Gasteiger partial charge in [-0.05, 0) is 32.0 Å². The summed E-state index contributed by atoms with van der Waals surface area (Å²) >= 11 is 0. The fourth-order valence-electron chi connectivity index (χ4n) is 2.23. The van der Waals surface area contributed by atoms with E-state index in [9.17, 15) is 10.1 Å². The Hall–Kier alpha value is -2.21. The molecular weight excluding hydrogens is 268 g/mol. The van der Waals surface area contributed by atoms with Crippen molar-refractivity contribution in [1.82, 2.24) is 10.3 Å². The standard InChI is InChI=1S/C15H20N4O2/c1-3-6-16-7-8-17-14-4-5-15(19(20)21)13-10-18-11(2)9-12(13)14/h4-5,9-10,16-17H,3,6-8H2,1-2H3. The van der Waals surface area contributed by atoms with Gasteiger partial charge >= 0.3 is 0 Å². The Balaban J connectivity index is 2.25. The van der Waals surface area contributed by atoms with Crippen LogP contribution in [0, 0.1) is 17.0 Å². The Bertz CT molecular complexity index is 643. The molecule has 0 amide bonds. The van der Waals surface area contributed by atoms with Crippen molar-refractivity contribution < 1.29 is 4.92 Å². The molecule has 0 bridgehead atoms. The molecule has 1 aromatic carbocycles. The normalized spacial score (nSPS) is 10.8. The molecule has 0 spiro atoms. The van der Waals surface area contributed by atoms with Gasteiger partial charge in [-0.2, -0.15) is 0 Å². The molecule has 0 unspecified atom stereocenters. The molecule has 1 aromatic heterocycles. The quantitative estimate of drug-likeness (QED) is 0.465. The fraction of sp³-hybridized carbons (Fsp3) is 0.400. The number of anilines is 1. The number of nitro benzene ring substituents is 1. The number of rotatable bonds is 7. The molecule has 0 fully saturated rings. The molecule has 2 N–H and O–H groups in total. The van der Waals surface area contributed by atoms with Crippen LogP contribution >= 0.6 is 0 Å². The van der Waals surface area contributed by atoms with Gasteiger partial charge in [0.2, 0.25) is 0 Å². The third kappa shape index (κ3) is 3.66. The summed E-state index contributed by atoms with van der Waals surface area (Å²) in [4.78, 5) is 14.9. The molecule has 2 aromatic rings. The molecule has 112 valence electrons. The monoisotopic (exact) mass is 288 g/mol. The van der Waals surface area contributed by atoms with E-state index in [2.05, 4.69) is 22.5 Å². The minimum Gasteiger partial charge on any atom is -0.383 e. The zero-order valence-electron chi connectivity index (χ0n) is 12.3. The van der Waals surface area contributed by atoms with Gasteiger partial charge in [-0.15, -0.1) is 0 Å². The van der Waals surface area contributed by atoms with Gasteiger partial charge in [0.1, 0.15) is 0 Å². The van der Waals surface area contributed by atoms with Gasteiger partial charge < -0.3 is 10.6 Å². The molecule has 21 heavy (non-hydrogen) atoms. The zero-order chi connectivity index (χ0) is 15.2. The molecule has 6 heteroatoms. The maximum atomic E-state index is 11.1. The largest absolute Gasteiger partial charge is 0.383 e. The number of fused-ring (bicyclic) bond motifs is 1. The second-order valence-corrected chi connectivity index (χ2v) is 4.94. The summed E-state index contributed by atoms with van der Waals surface area (Å²) in [5.74, 6) is 0. The SMILES string of the molecule is CCCNCCNc1ccc([N+](=O)[O-])c2cnc(C)cc12. The number of nitrogens with zero attached hydrogens (tertiary/aromatic N) is 2. The lowest BCUT2D eigenvalue weighted by atomic mass is 10.1. The number of hydrogen-bond donors (Lipinski definition) is 2. The molecule has 2 rings (SSSR count). The van der Waals surface area contributed by atoms with E-state index < -0.39 is 0 Å². The molecule has 0 atom stereocenters. The van der Waals surface area contributed by atoms with Crippen molar-refractivity contribution >= 4 is 22.1 Å². The highest BCUT2D eigenvalue weighted by Gasteiger charge is 2.14. The number of pyridine rings is 1. The number of nitrogens with one attached hydrogen (secondary N) is 2. The minimum atomic E-state index is -0.369. The Morgan fingerprint density at radius 2 is 2.05 bits per heavy atom. The van der Waals surface area contributed by atoms with Gasteiger partial charge in [0.05, 0.1) is 10.3 Å². The summed E-state index contributed by atoms with van der Waals surface area (Å²) in [6.07, 6.45) is 2.68. The van der Waals surface area contributed by atoms with Crippen LogP contribution in [-0.2, 0) is 0 Å². The lowest BCUT2D eigenvalue weighted by Crippen LogP contribution is -2.22. The molecule has 0 saturated heterocycles. The van der Waals surface area contributed by atoms with Crippen LogP contribution in [-0.4, -0.2) is 29.5 Å². The summed E-state index contributed by atoms with van der Waals surface area (Å²) in [6, 6.07) is 5.17. The lowest BCUT2D eigenvalue weighted by molar-refractivity contribution is -0.383. The van der Waals surface area contributed by atoms with E-state index in [1.165, 1.54) is 6.07 Å². The molecule has 0 radical (unpaired) electrons. The molecular formula is C15H20N4O2. The van der Waals surface area contributed by atoms with Gasteiger partial charge in [-0.3, -0.25) is 15.1 Å². The van der Waals surface area contributed by atoms with Crippen molar-refractivity contribution in [1.29, 1.82) is 0 Å². The van der Waals surface area contributed by atoms with E-state index in [0.717, 1.165) is 42.8 Å². The smallest absolute Gasteiger partial charge is 0.278 e. The maximum absolute atomic E-state index is 11.1. The van der Waals surface area contributed by atoms with E-state index in [1.54, 1.807) is 12.3 Å². The first kappa shape index (κ1) is 15.2. The van der Waals surface area contributed by atoms with Crippen LogP contribution in [0.15, 0.2) is 24.4 Å². The number of benzene rings is 1. The van der Waals surface area contributed by atoms with Gasteiger partial charge in [-0.25, -0.2) is 0 Å². The van der Waals surface area contributed by atoms with Crippen molar-refractivity contribution in [2.24, 2.45) is 0 Å². The maximum Gasteiger partial charge on any atom is 0.278 e. The molecule has 6 nitrogen and oxygen atoms in total. The van der Waals surface area contributed by atoms with E-state index in [-0.39, 0.29) is 10.6 Å². The van der Waals surface area contributed by atoms with Crippen molar-refractivity contribution in [2.45, 2.75) is 20.3 Å². The first-order valence-corrected chi connectivity index (χ1v) is 7.12. The summed E-state index contributed by atoms with van der Waals surface area (Å²) in [5.41, 5.74) is 1.83. The highest BCUT2D eigenvalue weighted by atomic mass is 16.6. The van der Waals surface area contributed by atoms with E-state index >= 15 is 0 Å². The van der Waals surface area contributed by atoms with Crippen LogP contribution in [0.1, 0.15) is 19.0 Å². The molecule has 1 heterocycles.